The largest absolute Gasteiger partial charge is 0.476 e. The zero-order valence-electron chi connectivity index (χ0n) is 6.71. The molecule has 0 saturated carbocycles. The number of aromatic amines is 1. The summed E-state index contributed by atoms with van der Waals surface area (Å²) in [7, 11) is 0. The molecule has 2 aromatic rings. The number of carboxylic acid groups (broad SMARTS) is 1. The first-order valence-corrected chi connectivity index (χ1v) is 4.45. The molecule has 0 spiro atoms. The Morgan fingerprint density at radius 2 is 2.29 bits per heavy atom. The zero-order chi connectivity index (χ0) is 10.3. The van der Waals surface area contributed by atoms with Gasteiger partial charge in [-0.25, -0.2) is 9.18 Å². The van der Waals surface area contributed by atoms with Gasteiger partial charge in [0.1, 0.15) is 5.82 Å². The Hall–Kier alpha value is -1.43. The van der Waals surface area contributed by atoms with Crippen LogP contribution in [0.2, 0.25) is 0 Å². The second-order valence-corrected chi connectivity index (χ2v) is 3.54. The number of H-pyrrole nitrogens is 1. The molecule has 72 valence electrons. The van der Waals surface area contributed by atoms with E-state index in [1.165, 1.54) is 12.1 Å². The quantitative estimate of drug-likeness (QED) is 0.824. The van der Waals surface area contributed by atoms with Crippen LogP contribution in [0, 0.1) is 5.82 Å². The molecule has 4 nitrogen and oxygen atoms in total. The molecule has 6 heteroatoms. The van der Waals surface area contributed by atoms with Gasteiger partial charge in [0.25, 0.3) is 0 Å². The molecule has 14 heavy (non-hydrogen) atoms. The molecule has 0 radical (unpaired) electrons. The number of fused-ring (bicyclic) bond motifs is 1. The summed E-state index contributed by atoms with van der Waals surface area (Å²) >= 11 is 2.97. The van der Waals surface area contributed by atoms with Crippen LogP contribution in [0.5, 0.6) is 0 Å². The van der Waals surface area contributed by atoms with Crippen molar-refractivity contribution in [1.29, 1.82) is 0 Å². The van der Waals surface area contributed by atoms with Gasteiger partial charge < -0.3 is 5.11 Å². The fraction of sp³-hybridized carbons (Fsp3) is 0. The van der Waals surface area contributed by atoms with Crippen molar-refractivity contribution in [2.24, 2.45) is 0 Å². The monoisotopic (exact) mass is 258 g/mol. The van der Waals surface area contributed by atoms with Gasteiger partial charge in [-0.2, -0.15) is 5.10 Å². The highest BCUT2D eigenvalue weighted by atomic mass is 79.9. The molecule has 0 aliphatic heterocycles. The van der Waals surface area contributed by atoms with Crippen LogP contribution < -0.4 is 0 Å². The molecule has 1 aromatic carbocycles. The summed E-state index contributed by atoms with van der Waals surface area (Å²) in [5, 5.41) is 15.1. The Morgan fingerprint density at radius 3 is 2.93 bits per heavy atom. The molecule has 2 rings (SSSR count). The third-order valence-corrected chi connectivity index (χ3v) is 2.41. The summed E-state index contributed by atoms with van der Waals surface area (Å²) in [5.74, 6) is -1.60. The molecule has 0 amide bonds. The molecule has 0 aliphatic rings. The smallest absolute Gasteiger partial charge is 0.357 e. The van der Waals surface area contributed by atoms with Crippen molar-refractivity contribution in [3.05, 3.63) is 28.1 Å². The molecule has 0 saturated heterocycles. The van der Waals surface area contributed by atoms with Crippen molar-refractivity contribution in [3.8, 4) is 0 Å². The van der Waals surface area contributed by atoms with E-state index in [1.807, 2.05) is 0 Å². The number of nitrogens with zero attached hydrogens (tertiary/aromatic N) is 1. The summed E-state index contributed by atoms with van der Waals surface area (Å²) in [5.41, 5.74) is 0.254. The van der Waals surface area contributed by atoms with Crippen molar-refractivity contribution >= 4 is 32.8 Å². The van der Waals surface area contributed by atoms with Crippen LogP contribution in [0.1, 0.15) is 10.5 Å². The van der Waals surface area contributed by atoms with Crippen molar-refractivity contribution < 1.29 is 14.3 Å². The van der Waals surface area contributed by atoms with Crippen LogP contribution in [-0.4, -0.2) is 21.3 Å². The van der Waals surface area contributed by atoms with E-state index in [1.54, 1.807) is 0 Å². The first-order chi connectivity index (χ1) is 6.59. The number of hydrogen-bond donors (Lipinski definition) is 2. The first kappa shape index (κ1) is 9.14. The molecule has 1 heterocycles. The van der Waals surface area contributed by atoms with Gasteiger partial charge in [0, 0.05) is 11.5 Å². The van der Waals surface area contributed by atoms with Crippen LogP contribution in [0.15, 0.2) is 16.6 Å². The van der Waals surface area contributed by atoms with E-state index >= 15 is 0 Å². The van der Waals surface area contributed by atoms with E-state index in [2.05, 4.69) is 26.1 Å². The Balaban J connectivity index is 2.80. The highest BCUT2D eigenvalue weighted by Gasteiger charge is 2.14. The zero-order valence-corrected chi connectivity index (χ0v) is 8.30. The average Bonchev–Trinajstić information content (AvgIpc) is 2.48. The number of carboxylic acids is 1. The third-order valence-electron chi connectivity index (χ3n) is 1.81. The van der Waals surface area contributed by atoms with E-state index in [0.29, 0.717) is 10.9 Å². The average molecular weight is 259 g/mol. The van der Waals surface area contributed by atoms with Crippen molar-refractivity contribution in [2.45, 2.75) is 0 Å². The maximum Gasteiger partial charge on any atom is 0.357 e. The molecule has 0 aliphatic carbocycles. The third kappa shape index (κ3) is 1.27. The van der Waals surface area contributed by atoms with Crippen LogP contribution in [-0.2, 0) is 0 Å². The van der Waals surface area contributed by atoms with Gasteiger partial charge in [0.2, 0.25) is 0 Å². The Kier molecular flexibility index (Phi) is 1.99. The maximum absolute atomic E-state index is 13.0. The lowest BCUT2D eigenvalue weighted by Gasteiger charge is -1.94. The molecular weight excluding hydrogens is 255 g/mol. The van der Waals surface area contributed by atoms with E-state index < -0.39 is 11.8 Å². The van der Waals surface area contributed by atoms with Crippen LogP contribution in [0.25, 0.3) is 10.9 Å². The number of aromatic nitrogens is 2. The SMILES string of the molecule is O=C(O)c1n[nH]c2cc(F)c(Br)cc12. The maximum atomic E-state index is 13.0. The summed E-state index contributed by atoms with van der Waals surface area (Å²) in [4.78, 5) is 10.7. The summed E-state index contributed by atoms with van der Waals surface area (Å²) in [6.45, 7) is 0. The highest BCUT2D eigenvalue weighted by Crippen LogP contribution is 2.24. The van der Waals surface area contributed by atoms with Crippen molar-refractivity contribution in [2.75, 3.05) is 0 Å². The van der Waals surface area contributed by atoms with Gasteiger partial charge in [-0.1, -0.05) is 0 Å². The van der Waals surface area contributed by atoms with Crippen LogP contribution in [0.3, 0.4) is 0 Å². The predicted octanol–water partition coefficient (Wildman–Crippen LogP) is 2.16. The minimum absolute atomic E-state index is 0.110. The lowest BCUT2D eigenvalue weighted by Crippen LogP contribution is -1.96. The Labute approximate surface area is 85.9 Å². The molecule has 0 unspecified atom stereocenters. The lowest BCUT2D eigenvalue weighted by atomic mass is 10.2. The van der Waals surface area contributed by atoms with Gasteiger partial charge in [0.05, 0.1) is 9.99 Å². The molecule has 0 bridgehead atoms. The Morgan fingerprint density at radius 1 is 1.57 bits per heavy atom. The van der Waals surface area contributed by atoms with Crippen molar-refractivity contribution in [3.63, 3.8) is 0 Å². The van der Waals surface area contributed by atoms with Crippen molar-refractivity contribution in [1.82, 2.24) is 10.2 Å². The molecule has 0 atom stereocenters. The van der Waals surface area contributed by atoms with E-state index in [0.717, 1.165) is 0 Å². The molecular formula is C8H4BrFN2O2. The molecule has 1 aromatic heterocycles. The number of rotatable bonds is 1. The number of aromatic carboxylic acids is 1. The Bertz CT molecular complexity index is 523. The minimum atomic E-state index is -1.14. The second kappa shape index (κ2) is 3.06. The number of nitrogens with one attached hydrogen (secondary N) is 1. The van der Waals surface area contributed by atoms with Gasteiger partial charge in [-0.3, -0.25) is 5.10 Å². The molecule has 2 N–H and O–H groups in total. The van der Waals surface area contributed by atoms with E-state index in [4.69, 9.17) is 5.11 Å². The summed E-state index contributed by atoms with van der Waals surface area (Å²) in [6, 6.07) is 2.58. The summed E-state index contributed by atoms with van der Waals surface area (Å²) in [6.07, 6.45) is 0. The summed E-state index contributed by atoms with van der Waals surface area (Å²) < 4.78 is 13.2. The lowest BCUT2D eigenvalue weighted by molar-refractivity contribution is 0.0692. The number of carbonyl (C=O) groups is 1. The second-order valence-electron chi connectivity index (χ2n) is 2.69. The fourth-order valence-electron chi connectivity index (χ4n) is 1.17. The van der Waals surface area contributed by atoms with Crippen LogP contribution >= 0.6 is 15.9 Å². The first-order valence-electron chi connectivity index (χ1n) is 3.66. The van der Waals surface area contributed by atoms with E-state index in [9.17, 15) is 9.18 Å². The molecule has 0 fully saturated rings. The van der Waals surface area contributed by atoms with Gasteiger partial charge in [-0.15, -0.1) is 0 Å². The van der Waals surface area contributed by atoms with E-state index in [-0.39, 0.29) is 10.2 Å². The number of halogens is 2. The normalized spacial score (nSPS) is 10.7. The number of hydrogen-bond acceptors (Lipinski definition) is 2. The standard InChI is InChI=1S/C8H4BrFN2O2/c9-4-1-3-6(2-5(4)10)11-12-7(3)8(13)14/h1-2H,(H,11,12)(H,13,14). The number of benzene rings is 1. The van der Waals surface area contributed by atoms with Crippen LogP contribution in [0.4, 0.5) is 4.39 Å². The fourth-order valence-corrected chi connectivity index (χ4v) is 1.52. The topological polar surface area (TPSA) is 66.0 Å². The van der Waals surface area contributed by atoms with Gasteiger partial charge in [0.15, 0.2) is 5.69 Å². The minimum Gasteiger partial charge on any atom is -0.476 e. The highest BCUT2D eigenvalue weighted by molar-refractivity contribution is 9.10. The van der Waals surface area contributed by atoms with Gasteiger partial charge >= 0.3 is 5.97 Å². The predicted molar refractivity (Wildman–Crippen MR) is 50.7 cm³/mol. The van der Waals surface area contributed by atoms with Gasteiger partial charge in [-0.05, 0) is 22.0 Å².